The minimum absolute atomic E-state index is 0. The second kappa shape index (κ2) is 12.4. The summed E-state index contributed by atoms with van der Waals surface area (Å²) in [6.45, 7) is 3.44. The smallest absolute Gasteiger partial charge is 0.236 e. The SMILES string of the molecule is COCCNCC(=O)N1CCC(N(C)c2ccccc2)CC1.Cl.Cl. The van der Waals surface area contributed by atoms with E-state index in [4.69, 9.17) is 4.74 Å². The van der Waals surface area contributed by atoms with Crippen LogP contribution < -0.4 is 10.2 Å². The van der Waals surface area contributed by atoms with Crippen molar-refractivity contribution in [2.75, 3.05) is 51.8 Å². The lowest BCUT2D eigenvalue weighted by atomic mass is 10.0. The number of hydrogen-bond donors (Lipinski definition) is 1. The van der Waals surface area contributed by atoms with Crippen LogP contribution in [0.1, 0.15) is 12.8 Å². The van der Waals surface area contributed by atoms with E-state index in [2.05, 4.69) is 41.5 Å². The molecule has 1 saturated heterocycles. The Kier molecular flexibility index (Phi) is 11.8. The van der Waals surface area contributed by atoms with Gasteiger partial charge in [-0.3, -0.25) is 4.79 Å². The number of amides is 1. The van der Waals surface area contributed by atoms with Crippen molar-refractivity contribution in [2.24, 2.45) is 0 Å². The molecule has 0 unspecified atom stereocenters. The molecule has 1 aliphatic heterocycles. The van der Waals surface area contributed by atoms with Gasteiger partial charge in [-0.05, 0) is 25.0 Å². The Bertz CT molecular complexity index is 454. The number of piperidine rings is 1. The van der Waals surface area contributed by atoms with Gasteiger partial charge >= 0.3 is 0 Å². The Hall–Kier alpha value is -1.01. The summed E-state index contributed by atoms with van der Waals surface area (Å²) < 4.78 is 4.96. The van der Waals surface area contributed by atoms with Crippen molar-refractivity contribution in [3.05, 3.63) is 30.3 Å². The number of carbonyl (C=O) groups is 1. The predicted octanol–water partition coefficient (Wildman–Crippen LogP) is 2.19. The second-order valence-electron chi connectivity index (χ2n) is 5.73. The third-order valence-corrected chi connectivity index (χ3v) is 4.29. The maximum Gasteiger partial charge on any atom is 0.236 e. The van der Waals surface area contributed by atoms with Gasteiger partial charge in [0.25, 0.3) is 0 Å². The molecule has 1 aromatic carbocycles. The molecule has 138 valence electrons. The number of carbonyl (C=O) groups excluding carboxylic acids is 1. The molecule has 5 nitrogen and oxygen atoms in total. The monoisotopic (exact) mass is 377 g/mol. The molecule has 0 aromatic heterocycles. The number of rotatable bonds is 7. The number of anilines is 1. The van der Waals surface area contributed by atoms with Gasteiger partial charge in [0.05, 0.1) is 13.2 Å². The van der Waals surface area contributed by atoms with E-state index in [1.165, 1.54) is 5.69 Å². The molecule has 1 aromatic rings. The highest BCUT2D eigenvalue weighted by atomic mass is 35.5. The quantitative estimate of drug-likeness (QED) is 0.739. The van der Waals surface area contributed by atoms with Crippen molar-refractivity contribution in [3.63, 3.8) is 0 Å². The molecular formula is C17H29Cl2N3O2. The van der Waals surface area contributed by atoms with Crippen LogP contribution in [0.2, 0.25) is 0 Å². The van der Waals surface area contributed by atoms with Gasteiger partial charge in [0.2, 0.25) is 5.91 Å². The summed E-state index contributed by atoms with van der Waals surface area (Å²) >= 11 is 0. The fourth-order valence-corrected chi connectivity index (χ4v) is 2.86. The summed E-state index contributed by atoms with van der Waals surface area (Å²) in [4.78, 5) is 16.4. The van der Waals surface area contributed by atoms with Crippen molar-refractivity contribution in [1.29, 1.82) is 0 Å². The Balaban J connectivity index is 0.00000264. The normalized spacial score (nSPS) is 14.5. The molecule has 1 heterocycles. The zero-order chi connectivity index (χ0) is 15.8. The third kappa shape index (κ3) is 6.85. The molecule has 0 spiro atoms. The summed E-state index contributed by atoms with van der Waals surface area (Å²) in [5.41, 5.74) is 1.24. The fraction of sp³-hybridized carbons (Fsp3) is 0.588. The Labute approximate surface area is 157 Å². The highest BCUT2D eigenvalue weighted by Crippen LogP contribution is 2.21. The molecule has 2 rings (SSSR count). The Morgan fingerprint density at radius 2 is 1.88 bits per heavy atom. The lowest BCUT2D eigenvalue weighted by Crippen LogP contribution is -2.48. The summed E-state index contributed by atoms with van der Waals surface area (Å²) in [5.74, 6) is 0.192. The van der Waals surface area contributed by atoms with E-state index in [1.54, 1.807) is 7.11 Å². The highest BCUT2D eigenvalue weighted by Gasteiger charge is 2.25. The van der Waals surface area contributed by atoms with Crippen molar-refractivity contribution in [1.82, 2.24) is 10.2 Å². The van der Waals surface area contributed by atoms with Gasteiger partial charge in [-0.15, -0.1) is 24.8 Å². The molecule has 0 bridgehead atoms. The first kappa shape index (κ1) is 23.0. The van der Waals surface area contributed by atoms with Crippen LogP contribution in [0, 0.1) is 0 Å². The number of nitrogens with zero attached hydrogens (tertiary/aromatic N) is 2. The fourth-order valence-electron chi connectivity index (χ4n) is 2.86. The van der Waals surface area contributed by atoms with Crippen LogP contribution in [0.25, 0.3) is 0 Å². The number of likely N-dealkylation sites (tertiary alicyclic amines) is 1. The maximum atomic E-state index is 12.1. The maximum absolute atomic E-state index is 12.1. The summed E-state index contributed by atoms with van der Waals surface area (Å²) in [6.07, 6.45) is 2.05. The summed E-state index contributed by atoms with van der Waals surface area (Å²) in [7, 11) is 3.81. The molecule has 1 N–H and O–H groups in total. The van der Waals surface area contributed by atoms with Gasteiger partial charge in [0.1, 0.15) is 0 Å². The van der Waals surface area contributed by atoms with Crippen LogP contribution in [0.15, 0.2) is 30.3 Å². The number of methoxy groups -OCH3 is 1. The summed E-state index contributed by atoms with van der Waals surface area (Å²) in [6, 6.07) is 10.9. The molecular weight excluding hydrogens is 349 g/mol. The van der Waals surface area contributed by atoms with Gasteiger partial charge < -0.3 is 19.9 Å². The number of hydrogen-bond acceptors (Lipinski definition) is 4. The number of ether oxygens (including phenoxy) is 1. The molecule has 1 fully saturated rings. The standard InChI is InChI=1S/C17H27N3O2.2ClH/c1-19(15-6-4-3-5-7-15)16-8-11-20(12-9-16)17(21)14-18-10-13-22-2;;/h3-7,16,18H,8-14H2,1-2H3;2*1H. The highest BCUT2D eigenvalue weighted by molar-refractivity contribution is 5.85. The molecule has 1 amide bonds. The van der Waals surface area contributed by atoms with Crippen molar-refractivity contribution in [2.45, 2.75) is 18.9 Å². The van der Waals surface area contributed by atoms with Crippen LogP contribution in [0.4, 0.5) is 5.69 Å². The lowest BCUT2D eigenvalue weighted by molar-refractivity contribution is -0.131. The predicted molar refractivity (Wildman–Crippen MR) is 104 cm³/mol. The van der Waals surface area contributed by atoms with Crippen LogP contribution in [0.3, 0.4) is 0 Å². The van der Waals surface area contributed by atoms with Gasteiger partial charge in [-0.1, -0.05) is 18.2 Å². The van der Waals surface area contributed by atoms with E-state index in [0.29, 0.717) is 19.2 Å². The summed E-state index contributed by atoms with van der Waals surface area (Å²) in [5, 5.41) is 3.12. The van der Waals surface area contributed by atoms with Gasteiger partial charge in [0, 0.05) is 45.5 Å². The zero-order valence-electron chi connectivity index (χ0n) is 14.4. The zero-order valence-corrected chi connectivity index (χ0v) is 16.1. The van der Waals surface area contributed by atoms with Crippen molar-refractivity contribution >= 4 is 36.4 Å². The van der Waals surface area contributed by atoms with Gasteiger partial charge in [-0.2, -0.15) is 0 Å². The lowest BCUT2D eigenvalue weighted by Gasteiger charge is -2.38. The first-order valence-corrected chi connectivity index (χ1v) is 7.97. The van der Waals surface area contributed by atoms with Gasteiger partial charge in [-0.25, -0.2) is 0 Å². The minimum atomic E-state index is 0. The minimum Gasteiger partial charge on any atom is -0.383 e. The largest absolute Gasteiger partial charge is 0.383 e. The molecule has 0 aliphatic carbocycles. The van der Waals surface area contributed by atoms with Gasteiger partial charge in [0.15, 0.2) is 0 Å². The van der Waals surface area contributed by atoms with E-state index in [0.717, 1.165) is 32.5 Å². The van der Waals surface area contributed by atoms with E-state index in [9.17, 15) is 4.79 Å². The number of benzene rings is 1. The number of nitrogens with one attached hydrogen (secondary N) is 1. The molecule has 7 heteroatoms. The Morgan fingerprint density at radius 3 is 2.46 bits per heavy atom. The molecule has 24 heavy (non-hydrogen) atoms. The molecule has 0 radical (unpaired) electrons. The van der Waals surface area contributed by atoms with Crippen LogP contribution in [0.5, 0.6) is 0 Å². The van der Waals surface area contributed by atoms with E-state index in [1.807, 2.05) is 11.0 Å². The number of para-hydroxylation sites is 1. The van der Waals surface area contributed by atoms with Crippen molar-refractivity contribution in [3.8, 4) is 0 Å². The van der Waals surface area contributed by atoms with Crippen LogP contribution in [-0.2, 0) is 9.53 Å². The first-order valence-electron chi connectivity index (χ1n) is 7.97. The molecule has 0 saturated carbocycles. The molecule has 0 atom stereocenters. The average molecular weight is 378 g/mol. The third-order valence-electron chi connectivity index (χ3n) is 4.29. The van der Waals surface area contributed by atoms with E-state index < -0.39 is 0 Å². The topological polar surface area (TPSA) is 44.8 Å². The Morgan fingerprint density at radius 1 is 1.25 bits per heavy atom. The van der Waals surface area contributed by atoms with E-state index >= 15 is 0 Å². The average Bonchev–Trinajstić information content (AvgIpc) is 2.59. The molecule has 1 aliphatic rings. The van der Waals surface area contributed by atoms with Crippen LogP contribution >= 0.6 is 24.8 Å². The van der Waals surface area contributed by atoms with Crippen molar-refractivity contribution < 1.29 is 9.53 Å². The first-order chi connectivity index (χ1) is 10.7. The second-order valence-corrected chi connectivity index (χ2v) is 5.73. The number of halogens is 2. The van der Waals surface area contributed by atoms with Crippen LogP contribution in [-0.4, -0.2) is 63.8 Å². The van der Waals surface area contributed by atoms with E-state index in [-0.39, 0.29) is 30.7 Å².